The van der Waals surface area contributed by atoms with Crippen molar-refractivity contribution in [2.45, 2.75) is 12.5 Å². The van der Waals surface area contributed by atoms with Crippen molar-refractivity contribution in [2.75, 3.05) is 10.3 Å². The number of benzene rings is 2. The second kappa shape index (κ2) is 7.72. The van der Waals surface area contributed by atoms with Gasteiger partial charge in [-0.2, -0.15) is 5.10 Å². The van der Waals surface area contributed by atoms with E-state index in [0.29, 0.717) is 5.69 Å². The van der Waals surface area contributed by atoms with E-state index in [0.717, 1.165) is 24.3 Å². The van der Waals surface area contributed by atoms with Crippen LogP contribution in [-0.2, 0) is 9.59 Å². The van der Waals surface area contributed by atoms with Crippen LogP contribution < -0.4 is 16.1 Å². The standard InChI is InChI=1S/C17H13ClFN5O5/c18-8-5-11(15(25)13(6-8)24(28)29)21-17(27)12-7-14(16(20)26)23(22-12)10-3-1-9(19)2-4-10/h1-6,14,25H,7H2,(H2,20,26)(H,21,27)/t14-/m1/s1. The smallest absolute Gasteiger partial charge is 0.314 e. The highest BCUT2D eigenvalue weighted by atomic mass is 35.5. The summed E-state index contributed by atoms with van der Waals surface area (Å²) in [7, 11) is 0. The van der Waals surface area contributed by atoms with E-state index in [1.54, 1.807) is 0 Å². The van der Waals surface area contributed by atoms with E-state index in [9.17, 15) is 29.2 Å². The first-order chi connectivity index (χ1) is 13.7. The number of nitro benzene ring substituents is 1. The van der Waals surface area contributed by atoms with Crippen LogP contribution in [0.3, 0.4) is 0 Å². The third-order valence-electron chi connectivity index (χ3n) is 4.09. The van der Waals surface area contributed by atoms with Crippen LogP contribution in [0.4, 0.5) is 21.5 Å². The van der Waals surface area contributed by atoms with Crippen molar-refractivity contribution >= 4 is 46.2 Å². The van der Waals surface area contributed by atoms with Crippen molar-refractivity contribution < 1.29 is 24.0 Å². The topological polar surface area (TPSA) is 151 Å². The largest absolute Gasteiger partial charge is 0.501 e. The molecule has 10 nitrogen and oxygen atoms in total. The molecular weight excluding hydrogens is 409 g/mol. The monoisotopic (exact) mass is 421 g/mol. The number of carbonyl (C=O) groups excluding carboxylic acids is 2. The first-order valence-electron chi connectivity index (χ1n) is 8.07. The lowest BCUT2D eigenvalue weighted by Crippen LogP contribution is -2.39. The first kappa shape index (κ1) is 20.0. The molecule has 2 aromatic rings. The molecule has 0 aromatic heterocycles. The van der Waals surface area contributed by atoms with Crippen molar-refractivity contribution in [3.63, 3.8) is 0 Å². The van der Waals surface area contributed by atoms with Gasteiger partial charge in [0.25, 0.3) is 5.91 Å². The Bertz CT molecular complexity index is 1040. The van der Waals surface area contributed by atoms with Gasteiger partial charge in [-0.05, 0) is 30.3 Å². The Kier molecular flexibility index (Phi) is 5.33. The zero-order chi connectivity index (χ0) is 21.3. The van der Waals surface area contributed by atoms with Gasteiger partial charge in [0, 0.05) is 17.5 Å². The van der Waals surface area contributed by atoms with E-state index < -0.39 is 40.0 Å². The summed E-state index contributed by atoms with van der Waals surface area (Å²) in [6.07, 6.45) is -0.165. The second-order valence-corrected chi connectivity index (χ2v) is 6.46. The van der Waals surface area contributed by atoms with Gasteiger partial charge < -0.3 is 16.2 Å². The Labute approximate surface area is 167 Å². The molecule has 29 heavy (non-hydrogen) atoms. The Morgan fingerprint density at radius 3 is 2.59 bits per heavy atom. The molecule has 12 heteroatoms. The SMILES string of the molecule is NC(=O)[C@H]1CC(C(=O)Nc2cc(Cl)cc([N+](=O)[O-])c2O)=NN1c1ccc(F)cc1. The normalized spacial score (nSPS) is 15.7. The van der Waals surface area contributed by atoms with E-state index in [4.69, 9.17) is 17.3 Å². The van der Waals surface area contributed by atoms with Crippen LogP contribution in [0.15, 0.2) is 41.5 Å². The molecule has 2 aromatic carbocycles. The molecule has 0 fully saturated rings. The summed E-state index contributed by atoms with van der Waals surface area (Å²) in [6, 6.07) is 6.10. The number of nitro groups is 1. The van der Waals surface area contributed by atoms with Crippen LogP contribution in [0, 0.1) is 15.9 Å². The van der Waals surface area contributed by atoms with Gasteiger partial charge in [-0.15, -0.1) is 0 Å². The minimum atomic E-state index is -0.997. The van der Waals surface area contributed by atoms with Crippen LogP contribution >= 0.6 is 11.6 Å². The van der Waals surface area contributed by atoms with Crippen LogP contribution in [0.5, 0.6) is 5.75 Å². The fourth-order valence-corrected chi connectivity index (χ4v) is 2.93. The summed E-state index contributed by atoms with van der Waals surface area (Å²) < 4.78 is 13.1. The fraction of sp³-hybridized carbons (Fsp3) is 0.118. The van der Waals surface area contributed by atoms with Gasteiger partial charge in [0.2, 0.25) is 11.7 Å². The number of hydrogen-bond acceptors (Lipinski definition) is 7. The molecule has 0 aliphatic carbocycles. The molecule has 1 heterocycles. The third-order valence-corrected chi connectivity index (χ3v) is 4.31. The van der Waals surface area contributed by atoms with Gasteiger partial charge in [-0.1, -0.05) is 11.6 Å². The van der Waals surface area contributed by atoms with Crippen molar-refractivity contribution in [2.24, 2.45) is 10.8 Å². The third kappa shape index (κ3) is 4.09. The lowest BCUT2D eigenvalue weighted by molar-refractivity contribution is -0.385. The van der Waals surface area contributed by atoms with Gasteiger partial charge >= 0.3 is 5.69 Å². The van der Waals surface area contributed by atoms with E-state index >= 15 is 0 Å². The van der Waals surface area contributed by atoms with E-state index in [2.05, 4.69) is 10.4 Å². The van der Waals surface area contributed by atoms with Crippen LogP contribution in [-0.4, -0.2) is 33.6 Å². The number of aromatic hydroxyl groups is 1. The number of hydrazone groups is 1. The number of carbonyl (C=O) groups is 2. The van der Waals surface area contributed by atoms with Crippen LogP contribution in [0.2, 0.25) is 5.02 Å². The van der Waals surface area contributed by atoms with E-state index in [-0.39, 0.29) is 22.8 Å². The summed E-state index contributed by atoms with van der Waals surface area (Å²) in [5.41, 5.74) is 4.59. The highest BCUT2D eigenvalue weighted by Crippen LogP contribution is 2.37. The molecular formula is C17H13ClFN5O5. The predicted molar refractivity (Wildman–Crippen MR) is 102 cm³/mol. The van der Waals surface area contributed by atoms with Crippen molar-refractivity contribution in [1.82, 2.24) is 0 Å². The summed E-state index contributed by atoms with van der Waals surface area (Å²) in [4.78, 5) is 34.4. The summed E-state index contributed by atoms with van der Waals surface area (Å²) in [5, 5.41) is 28.4. The Morgan fingerprint density at radius 2 is 2.00 bits per heavy atom. The average Bonchev–Trinajstić information content (AvgIpc) is 3.10. The quantitative estimate of drug-likeness (QED) is 0.382. The second-order valence-electron chi connectivity index (χ2n) is 6.02. The lowest BCUT2D eigenvalue weighted by Gasteiger charge is -2.20. The van der Waals surface area contributed by atoms with Gasteiger partial charge in [-0.3, -0.25) is 24.7 Å². The van der Waals surface area contributed by atoms with Gasteiger partial charge in [0.15, 0.2) is 0 Å². The number of nitrogens with one attached hydrogen (secondary N) is 1. The first-order valence-corrected chi connectivity index (χ1v) is 8.45. The fourth-order valence-electron chi connectivity index (χ4n) is 2.71. The Hall–Kier alpha value is -3.73. The average molecular weight is 422 g/mol. The number of primary amides is 1. The molecule has 0 radical (unpaired) electrons. The lowest BCUT2D eigenvalue weighted by atomic mass is 10.1. The van der Waals surface area contributed by atoms with Gasteiger partial charge in [0.1, 0.15) is 17.6 Å². The zero-order valence-corrected chi connectivity index (χ0v) is 15.3. The summed E-state index contributed by atoms with van der Waals surface area (Å²) >= 11 is 5.79. The number of rotatable bonds is 5. The number of anilines is 2. The molecule has 0 saturated carbocycles. The molecule has 0 bridgehead atoms. The molecule has 2 amide bonds. The molecule has 1 aliphatic rings. The molecule has 4 N–H and O–H groups in total. The minimum Gasteiger partial charge on any atom is -0.501 e. The highest BCUT2D eigenvalue weighted by Gasteiger charge is 2.35. The summed E-state index contributed by atoms with van der Waals surface area (Å²) in [6.45, 7) is 0. The number of phenolic OH excluding ortho intramolecular Hbond substituents is 1. The number of amides is 2. The van der Waals surface area contributed by atoms with Crippen molar-refractivity contribution in [3.8, 4) is 5.75 Å². The van der Waals surface area contributed by atoms with Gasteiger partial charge in [-0.25, -0.2) is 4.39 Å². The van der Waals surface area contributed by atoms with Crippen LogP contribution in [0.25, 0.3) is 0 Å². The summed E-state index contributed by atoms with van der Waals surface area (Å²) in [5.74, 6) is -2.87. The maximum atomic E-state index is 13.1. The number of hydrogen-bond donors (Lipinski definition) is 3. The number of halogens is 2. The maximum absolute atomic E-state index is 13.1. The molecule has 1 aliphatic heterocycles. The molecule has 150 valence electrons. The molecule has 0 unspecified atom stereocenters. The number of nitrogens with zero attached hydrogens (tertiary/aromatic N) is 3. The van der Waals surface area contributed by atoms with Crippen LogP contribution in [0.1, 0.15) is 6.42 Å². The van der Waals surface area contributed by atoms with Gasteiger partial charge in [0.05, 0.1) is 16.3 Å². The predicted octanol–water partition coefficient (Wildman–Crippen LogP) is 2.15. The Balaban J connectivity index is 1.89. The van der Waals surface area contributed by atoms with Crippen molar-refractivity contribution in [1.29, 1.82) is 0 Å². The highest BCUT2D eigenvalue weighted by molar-refractivity contribution is 6.44. The Morgan fingerprint density at radius 1 is 1.34 bits per heavy atom. The van der Waals surface area contributed by atoms with E-state index in [1.165, 1.54) is 17.1 Å². The molecule has 1 atom stereocenters. The molecule has 3 rings (SSSR count). The van der Waals surface area contributed by atoms with Crippen molar-refractivity contribution in [3.05, 3.63) is 57.4 Å². The minimum absolute atomic E-state index is 0.0823. The maximum Gasteiger partial charge on any atom is 0.314 e. The molecule has 0 saturated heterocycles. The zero-order valence-electron chi connectivity index (χ0n) is 14.5. The molecule has 0 spiro atoms. The number of nitrogens with two attached hydrogens (primary N) is 1. The van der Waals surface area contributed by atoms with E-state index in [1.807, 2.05) is 0 Å². The number of phenols is 1.